The van der Waals surface area contributed by atoms with Crippen LogP contribution < -0.4 is 0 Å². The summed E-state index contributed by atoms with van der Waals surface area (Å²) in [5.41, 5.74) is 0.557. The second kappa shape index (κ2) is 12.1. The zero-order valence-corrected chi connectivity index (χ0v) is 21.0. The summed E-state index contributed by atoms with van der Waals surface area (Å²) in [5.74, 6) is 0.147. The van der Waals surface area contributed by atoms with E-state index in [0.717, 1.165) is 70.2 Å². The molecule has 0 aromatic rings. The maximum atomic E-state index is 13.7. The number of ether oxygens (including phenoxy) is 2. The normalized spacial score (nSPS) is 28.9. The van der Waals surface area contributed by atoms with Gasteiger partial charge in [-0.2, -0.15) is 0 Å². The van der Waals surface area contributed by atoms with E-state index in [1.807, 2.05) is 23.1 Å². The standard InChI is InChI=1S/C28H42N2O4/c1-6-9-11-13-16-29-17-15-23-22(27(33-4)34-5)18-24(31)26-28(23,20-29)19-21(8-3)30(26)25(32)14-12-10-7-2/h6-8,18,21,23,26-27H,1-3,9-17,19-20H2,4-5H3/t21-,23-,26-,28-/m0/s1. The molecule has 1 spiro atoms. The van der Waals surface area contributed by atoms with E-state index in [-0.39, 0.29) is 29.1 Å². The first-order valence-corrected chi connectivity index (χ1v) is 12.7. The Labute approximate surface area is 205 Å². The number of likely N-dealkylation sites (tertiary alicyclic amines) is 2. The molecule has 188 valence electrons. The Hall–Kier alpha value is -2.02. The minimum atomic E-state index is -0.551. The Bertz CT molecular complexity index is 802. The average molecular weight is 471 g/mol. The highest BCUT2D eigenvalue weighted by molar-refractivity contribution is 6.00. The van der Waals surface area contributed by atoms with Gasteiger partial charge in [0, 0.05) is 32.6 Å². The van der Waals surface area contributed by atoms with E-state index in [1.54, 1.807) is 20.3 Å². The van der Waals surface area contributed by atoms with Gasteiger partial charge in [-0.25, -0.2) is 0 Å². The number of allylic oxidation sites excluding steroid dienone is 2. The molecule has 0 aromatic heterocycles. The van der Waals surface area contributed by atoms with Gasteiger partial charge in [-0.15, -0.1) is 19.7 Å². The van der Waals surface area contributed by atoms with Crippen LogP contribution in [0.3, 0.4) is 0 Å². The third-order valence-electron chi connectivity index (χ3n) is 7.89. The largest absolute Gasteiger partial charge is 0.352 e. The molecule has 4 atom stereocenters. The number of methoxy groups -OCH3 is 2. The lowest BCUT2D eigenvalue weighted by molar-refractivity contribution is -0.144. The van der Waals surface area contributed by atoms with Gasteiger partial charge in [-0.3, -0.25) is 9.59 Å². The molecule has 0 saturated carbocycles. The molecular weight excluding hydrogens is 428 g/mol. The van der Waals surface area contributed by atoms with Crippen molar-refractivity contribution in [3.8, 4) is 0 Å². The molecule has 0 aromatic carbocycles. The summed E-state index contributed by atoms with van der Waals surface area (Å²) >= 11 is 0. The number of carbonyl (C=O) groups is 2. The number of piperidine rings is 1. The Balaban J connectivity index is 1.96. The molecule has 0 bridgehead atoms. The van der Waals surface area contributed by atoms with Crippen LogP contribution in [0.1, 0.15) is 51.4 Å². The van der Waals surface area contributed by atoms with Crippen molar-refractivity contribution in [3.05, 3.63) is 49.6 Å². The first kappa shape index (κ1) is 26.6. The molecule has 6 nitrogen and oxygen atoms in total. The smallest absolute Gasteiger partial charge is 0.223 e. The predicted molar refractivity (Wildman–Crippen MR) is 135 cm³/mol. The molecule has 0 N–H and O–H groups in total. The van der Waals surface area contributed by atoms with Gasteiger partial charge in [0.25, 0.3) is 0 Å². The zero-order chi connectivity index (χ0) is 24.7. The summed E-state index contributed by atoms with van der Waals surface area (Å²) < 4.78 is 11.2. The molecule has 0 unspecified atom stereocenters. The third kappa shape index (κ3) is 5.14. The second-order valence-corrected chi connectivity index (χ2v) is 9.88. The van der Waals surface area contributed by atoms with Crippen LogP contribution in [0.2, 0.25) is 0 Å². The van der Waals surface area contributed by atoms with Crippen LogP contribution in [0.25, 0.3) is 0 Å². The van der Waals surface area contributed by atoms with Gasteiger partial charge in [0.05, 0.1) is 6.04 Å². The van der Waals surface area contributed by atoms with Crippen LogP contribution >= 0.6 is 0 Å². The fourth-order valence-electron chi connectivity index (χ4n) is 6.49. The van der Waals surface area contributed by atoms with E-state index in [9.17, 15) is 9.59 Å². The number of rotatable bonds is 13. The molecule has 0 radical (unpaired) electrons. The number of ketones is 1. The van der Waals surface area contributed by atoms with Crippen LogP contribution in [0.5, 0.6) is 0 Å². The van der Waals surface area contributed by atoms with E-state index in [0.29, 0.717) is 6.42 Å². The monoisotopic (exact) mass is 470 g/mol. The van der Waals surface area contributed by atoms with Gasteiger partial charge in [0.15, 0.2) is 12.1 Å². The molecule has 2 saturated heterocycles. The Morgan fingerprint density at radius 1 is 1.18 bits per heavy atom. The van der Waals surface area contributed by atoms with Crippen molar-refractivity contribution in [3.63, 3.8) is 0 Å². The van der Waals surface area contributed by atoms with Gasteiger partial charge >= 0.3 is 0 Å². The number of nitrogens with zero attached hydrogens (tertiary/aromatic N) is 2. The van der Waals surface area contributed by atoms with Crippen LogP contribution in [0.4, 0.5) is 0 Å². The minimum Gasteiger partial charge on any atom is -0.352 e. The molecular formula is C28H42N2O4. The molecule has 3 aliphatic rings. The minimum absolute atomic E-state index is 0.0136. The number of hydrogen-bond acceptors (Lipinski definition) is 5. The van der Waals surface area contributed by atoms with Crippen molar-refractivity contribution < 1.29 is 19.1 Å². The van der Waals surface area contributed by atoms with E-state index >= 15 is 0 Å². The van der Waals surface area contributed by atoms with Crippen molar-refractivity contribution in [1.29, 1.82) is 0 Å². The molecule has 1 amide bonds. The molecule has 2 aliphatic heterocycles. The lowest BCUT2D eigenvalue weighted by Crippen LogP contribution is -2.61. The van der Waals surface area contributed by atoms with Gasteiger partial charge < -0.3 is 19.3 Å². The number of carbonyl (C=O) groups excluding carboxylic acids is 2. The van der Waals surface area contributed by atoms with E-state index in [1.165, 1.54) is 0 Å². The summed E-state index contributed by atoms with van der Waals surface area (Å²) in [6, 6.07) is -0.615. The molecule has 6 heteroatoms. The molecule has 34 heavy (non-hydrogen) atoms. The number of amides is 1. The summed E-state index contributed by atoms with van der Waals surface area (Å²) in [6.45, 7) is 14.4. The van der Waals surface area contributed by atoms with Gasteiger partial charge in [-0.05, 0) is 75.6 Å². The van der Waals surface area contributed by atoms with E-state index < -0.39 is 12.3 Å². The Morgan fingerprint density at radius 2 is 1.88 bits per heavy atom. The van der Waals surface area contributed by atoms with Gasteiger partial charge in [-0.1, -0.05) is 18.2 Å². The maximum absolute atomic E-state index is 13.7. The number of hydrogen-bond donors (Lipinski definition) is 0. The van der Waals surface area contributed by atoms with Crippen molar-refractivity contribution in [2.75, 3.05) is 33.9 Å². The highest BCUT2D eigenvalue weighted by Gasteiger charge is 2.63. The van der Waals surface area contributed by atoms with Gasteiger partial charge in [0.2, 0.25) is 5.91 Å². The van der Waals surface area contributed by atoms with Crippen molar-refractivity contribution in [2.24, 2.45) is 11.3 Å². The van der Waals surface area contributed by atoms with Crippen molar-refractivity contribution >= 4 is 11.7 Å². The third-order valence-corrected chi connectivity index (χ3v) is 7.89. The van der Waals surface area contributed by atoms with Crippen LogP contribution in [-0.4, -0.2) is 73.7 Å². The fourth-order valence-corrected chi connectivity index (χ4v) is 6.49. The Morgan fingerprint density at radius 3 is 2.53 bits per heavy atom. The van der Waals surface area contributed by atoms with Crippen LogP contribution in [-0.2, 0) is 19.1 Å². The summed E-state index contributed by atoms with van der Waals surface area (Å²) in [5, 5.41) is 0. The summed E-state index contributed by atoms with van der Waals surface area (Å²) in [4.78, 5) is 31.5. The summed E-state index contributed by atoms with van der Waals surface area (Å²) in [7, 11) is 3.23. The van der Waals surface area contributed by atoms with Crippen LogP contribution in [0, 0.1) is 11.3 Å². The van der Waals surface area contributed by atoms with E-state index in [4.69, 9.17) is 9.47 Å². The zero-order valence-electron chi connectivity index (χ0n) is 21.0. The lowest BCUT2D eigenvalue weighted by atomic mass is 9.59. The SMILES string of the molecule is C=CCCCCN1CC[C@H]2C(C(OC)OC)=CC(=O)[C@@H]3N(C(=O)CCCC=C)[C@@H](C=C)C[C@@]32C1. The van der Waals surface area contributed by atoms with Gasteiger partial charge in [0.1, 0.15) is 6.04 Å². The topological polar surface area (TPSA) is 59.1 Å². The maximum Gasteiger partial charge on any atom is 0.223 e. The van der Waals surface area contributed by atoms with Crippen molar-refractivity contribution in [1.82, 2.24) is 9.80 Å². The predicted octanol–water partition coefficient (Wildman–Crippen LogP) is 4.29. The average Bonchev–Trinajstić information content (AvgIpc) is 3.17. The highest BCUT2D eigenvalue weighted by atomic mass is 16.7. The quantitative estimate of drug-likeness (QED) is 0.228. The second-order valence-electron chi connectivity index (χ2n) is 9.88. The Kier molecular flexibility index (Phi) is 9.46. The lowest BCUT2D eigenvalue weighted by Gasteiger charge is -2.53. The molecule has 2 fully saturated rings. The first-order chi connectivity index (χ1) is 16.5. The summed E-state index contributed by atoms with van der Waals surface area (Å²) in [6.07, 6.45) is 13.7. The first-order valence-electron chi connectivity index (χ1n) is 12.7. The highest BCUT2D eigenvalue weighted by Crippen LogP contribution is 2.56. The molecule has 3 rings (SSSR count). The fraction of sp³-hybridized carbons (Fsp3) is 0.643. The van der Waals surface area contributed by atoms with Crippen LogP contribution in [0.15, 0.2) is 49.6 Å². The molecule has 2 heterocycles. The number of unbranched alkanes of at least 4 members (excludes halogenated alkanes) is 3. The van der Waals surface area contributed by atoms with E-state index in [2.05, 4.69) is 24.6 Å². The molecule has 1 aliphatic carbocycles. The van der Waals surface area contributed by atoms with Crippen molar-refractivity contribution in [2.45, 2.75) is 69.7 Å².